The molecule has 2 N–H and O–H groups in total. The molecule has 0 bridgehead atoms. The Labute approximate surface area is 160 Å². The van der Waals surface area contributed by atoms with Gasteiger partial charge in [-0.25, -0.2) is 0 Å². The predicted molar refractivity (Wildman–Crippen MR) is 106 cm³/mol. The molecule has 1 atom stereocenters. The van der Waals surface area contributed by atoms with Crippen LogP contribution in [0.15, 0.2) is 30.9 Å². The molecule has 6 nitrogen and oxygen atoms in total. The van der Waals surface area contributed by atoms with E-state index in [1.165, 1.54) is 0 Å². The van der Waals surface area contributed by atoms with E-state index in [2.05, 4.69) is 27.0 Å². The largest absolute Gasteiger partial charge is 0.352 e. The maximum atomic E-state index is 12.6. The number of hydrogen-bond donors (Lipinski definition) is 2. The van der Waals surface area contributed by atoms with Crippen LogP contribution in [-0.2, 0) is 9.59 Å². The van der Waals surface area contributed by atoms with Crippen molar-refractivity contribution in [1.82, 2.24) is 15.1 Å². The van der Waals surface area contributed by atoms with Crippen LogP contribution in [0, 0.1) is 6.92 Å². The SMILES string of the molecule is C=CCNC(=O)CN1CCN(C(C)C(=O)Nc2cc(Cl)ccc2C)CC1. The summed E-state index contributed by atoms with van der Waals surface area (Å²) in [5.74, 6) is -0.0480. The Balaban J connectivity index is 1.82. The number of hydrogen-bond acceptors (Lipinski definition) is 4. The third-order valence-corrected chi connectivity index (χ3v) is 4.84. The average molecular weight is 379 g/mol. The van der Waals surface area contributed by atoms with E-state index in [4.69, 9.17) is 11.6 Å². The van der Waals surface area contributed by atoms with Crippen LogP contribution in [0.2, 0.25) is 5.02 Å². The minimum atomic E-state index is -0.245. The van der Waals surface area contributed by atoms with Crippen LogP contribution in [0.25, 0.3) is 0 Å². The molecule has 1 unspecified atom stereocenters. The van der Waals surface area contributed by atoms with E-state index in [-0.39, 0.29) is 17.9 Å². The Morgan fingerprint density at radius 2 is 2.00 bits per heavy atom. The highest BCUT2D eigenvalue weighted by Crippen LogP contribution is 2.20. The molecule has 0 saturated carbocycles. The van der Waals surface area contributed by atoms with Crippen molar-refractivity contribution >= 4 is 29.1 Å². The predicted octanol–water partition coefficient (Wildman–Crippen LogP) is 1.90. The summed E-state index contributed by atoms with van der Waals surface area (Å²) in [6.07, 6.45) is 1.66. The molecule has 1 aliphatic rings. The van der Waals surface area contributed by atoms with Gasteiger partial charge in [-0.2, -0.15) is 0 Å². The number of nitrogens with one attached hydrogen (secondary N) is 2. The van der Waals surface area contributed by atoms with E-state index in [0.29, 0.717) is 18.1 Å². The molecule has 7 heteroatoms. The maximum Gasteiger partial charge on any atom is 0.241 e. The van der Waals surface area contributed by atoms with Crippen molar-refractivity contribution in [3.63, 3.8) is 0 Å². The number of carbonyl (C=O) groups excluding carboxylic acids is 2. The van der Waals surface area contributed by atoms with Crippen LogP contribution in [0.1, 0.15) is 12.5 Å². The number of amides is 2. The molecule has 142 valence electrons. The molecule has 1 saturated heterocycles. The minimum absolute atomic E-state index is 0.000531. The van der Waals surface area contributed by atoms with Gasteiger partial charge in [-0.1, -0.05) is 23.7 Å². The first kappa shape index (κ1) is 20.4. The van der Waals surface area contributed by atoms with Crippen molar-refractivity contribution in [3.05, 3.63) is 41.4 Å². The molecule has 2 amide bonds. The first-order chi connectivity index (χ1) is 12.4. The van der Waals surface area contributed by atoms with E-state index in [1.807, 2.05) is 19.9 Å². The summed E-state index contributed by atoms with van der Waals surface area (Å²) in [5.41, 5.74) is 1.72. The van der Waals surface area contributed by atoms with Crippen LogP contribution in [0.5, 0.6) is 0 Å². The summed E-state index contributed by atoms with van der Waals surface area (Å²) in [6.45, 7) is 11.3. The highest BCUT2D eigenvalue weighted by atomic mass is 35.5. The topological polar surface area (TPSA) is 64.7 Å². The van der Waals surface area contributed by atoms with Gasteiger partial charge in [0.2, 0.25) is 11.8 Å². The van der Waals surface area contributed by atoms with E-state index in [0.717, 1.165) is 37.4 Å². The lowest BCUT2D eigenvalue weighted by molar-refractivity contribution is -0.124. The summed E-state index contributed by atoms with van der Waals surface area (Å²) in [5, 5.41) is 6.34. The molecule has 0 radical (unpaired) electrons. The highest BCUT2D eigenvalue weighted by molar-refractivity contribution is 6.31. The second-order valence-corrected chi connectivity index (χ2v) is 6.97. The van der Waals surface area contributed by atoms with E-state index < -0.39 is 0 Å². The van der Waals surface area contributed by atoms with Crippen LogP contribution in [0.4, 0.5) is 5.69 Å². The number of aryl methyl sites for hydroxylation is 1. The molecule has 1 aromatic carbocycles. The third kappa shape index (κ3) is 5.83. The van der Waals surface area contributed by atoms with Crippen LogP contribution in [0.3, 0.4) is 0 Å². The van der Waals surface area contributed by atoms with Crippen molar-refractivity contribution in [2.75, 3.05) is 44.6 Å². The first-order valence-corrected chi connectivity index (χ1v) is 9.19. The smallest absolute Gasteiger partial charge is 0.241 e. The van der Waals surface area contributed by atoms with Crippen molar-refractivity contribution in [1.29, 1.82) is 0 Å². The lowest BCUT2D eigenvalue weighted by Gasteiger charge is -2.37. The zero-order valence-corrected chi connectivity index (χ0v) is 16.2. The summed E-state index contributed by atoms with van der Waals surface area (Å²) in [6, 6.07) is 5.21. The lowest BCUT2D eigenvalue weighted by Crippen LogP contribution is -2.54. The number of carbonyl (C=O) groups is 2. The zero-order valence-electron chi connectivity index (χ0n) is 15.4. The lowest BCUT2D eigenvalue weighted by atomic mass is 10.1. The number of halogens is 1. The Morgan fingerprint density at radius 1 is 1.31 bits per heavy atom. The Bertz CT molecular complexity index is 657. The molecule has 0 spiro atoms. The highest BCUT2D eigenvalue weighted by Gasteiger charge is 2.26. The number of benzene rings is 1. The monoisotopic (exact) mass is 378 g/mol. The van der Waals surface area contributed by atoms with Crippen LogP contribution >= 0.6 is 11.6 Å². The number of piperazine rings is 1. The van der Waals surface area contributed by atoms with Crippen molar-refractivity contribution in [2.24, 2.45) is 0 Å². The molecule has 26 heavy (non-hydrogen) atoms. The Morgan fingerprint density at radius 3 is 2.65 bits per heavy atom. The molecule has 2 rings (SSSR count). The second kappa shape index (κ2) is 9.71. The quantitative estimate of drug-likeness (QED) is 0.711. The average Bonchev–Trinajstić information content (AvgIpc) is 2.63. The fourth-order valence-corrected chi connectivity index (χ4v) is 3.06. The van der Waals surface area contributed by atoms with E-state index in [9.17, 15) is 9.59 Å². The van der Waals surface area contributed by atoms with Crippen molar-refractivity contribution in [3.8, 4) is 0 Å². The molecular formula is C19H27ClN4O2. The van der Waals surface area contributed by atoms with E-state index in [1.54, 1.807) is 18.2 Å². The summed E-state index contributed by atoms with van der Waals surface area (Å²) in [4.78, 5) is 28.6. The fourth-order valence-electron chi connectivity index (χ4n) is 2.89. The fraction of sp³-hybridized carbons (Fsp3) is 0.474. The van der Waals surface area contributed by atoms with Gasteiger partial charge in [0, 0.05) is 43.4 Å². The molecule has 1 heterocycles. The van der Waals surface area contributed by atoms with Gasteiger partial charge in [0.05, 0.1) is 12.6 Å². The summed E-state index contributed by atoms with van der Waals surface area (Å²) >= 11 is 6.01. The summed E-state index contributed by atoms with van der Waals surface area (Å²) < 4.78 is 0. The van der Waals surface area contributed by atoms with Gasteiger partial charge in [-0.15, -0.1) is 6.58 Å². The molecule has 1 fully saturated rings. The van der Waals surface area contributed by atoms with Gasteiger partial charge in [0.1, 0.15) is 0 Å². The second-order valence-electron chi connectivity index (χ2n) is 6.53. The zero-order chi connectivity index (χ0) is 19.1. The normalized spacial score (nSPS) is 16.7. The number of rotatable bonds is 7. The molecule has 0 aromatic heterocycles. The van der Waals surface area contributed by atoms with Gasteiger partial charge in [-0.3, -0.25) is 19.4 Å². The minimum Gasteiger partial charge on any atom is -0.352 e. The van der Waals surface area contributed by atoms with E-state index >= 15 is 0 Å². The maximum absolute atomic E-state index is 12.6. The third-order valence-electron chi connectivity index (χ3n) is 4.60. The standard InChI is InChI=1S/C19H27ClN4O2/c1-4-7-21-18(25)13-23-8-10-24(11-9-23)15(3)19(26)22-17-12-16(20)6-5-14(17)2/h4-6,12,15H,1,7-11,13H2,2-3H3,(H,21,25)(H,22,26). The number of nitrogens with zero attached hydrogens (tertiary/aromatic N) is 2. The first-order valence-electron chi connectivity index (χ1n) is 8.81. The van der Waals surface area contributed by atoms with Crippen molar-refractivity contribution in [2.45, 2.75) is 19.9 Å². The van der Waals surface area contributed by atoms with Gasteiger partial charge in [-0.05, 0) is 31.5 Å². The molecule has 1 aromatic rings. The van der Waals surface area contributed by atoms with Crippen molar-refractivity contribution < 1.29 is 9.59 Å². The van der Waals surface area contributed by atoms with Crippen LogP contribution in [-0.4, -0.2) is 66.9 Å². The van der Waals surface area contributed by atoms with Crippen LogP contribution < -0.4 is 10.6 Å². The van der Waals surface area contributed by atoms with Gasteiger partial charge < -0.3 is 10.6 Å². The summed E-state index contributed by atoms with van der Waals surface area (Å²) in [7, 11) is 0. The molecular weight excluding hydrogens is 352 g/mol. The van der Waals surface area contributed by atoms with Gasteiger partial charge in [0.25, 0.3) is 0 Å². The van der Waals surface area contributed by atoms with Gasteiger partial charge >= 0.3 is 0 Å². The van der Waals surface area contributed by atoms with Gasteiger partial charge in [0.15, 0.2) is 0 Å². The molecule has 1 aliphatic heterocycles. The Kier molecular flexibility index (Phi) is 7.63. The Hall–Kier alpha value is -1.89. The molecule has 0 aliphatic carbocycles. The number of anilines is 1.